The Hall–Kier alpha value is -1.04. The van der Waals surface area contributed by atoms with Crippen LogP contribution in [0.1, 0.15) is 49.9 Å². The molecule has 16 heavy (non-hydrogen) atoms. The second-order valence-electron chi connectivity index (χ2n) is 5.97. The molecule has 88 valence electrons. The molecule has 0 bridgehead atoms. The summed E-state index contributed by atoms with van der Waals surface area (Å²) in [6, 6.07) is 4.65. The number of hydrogen-bond donors (Lipinski definition) is 0. The third-order valence-corrected chi connectivity index (χ3v) is 3.04. The number of rotatable bonds is 2. The van der Waals surface area contributed by atoms with E-state index in [1.165, 1.54) is 27.8 Å². The van der Waals surface area contributed by atoms with Crippen molar-refractivity contribution in [1.82, 2.24) is 0 Å². The first-order valence-electron chi connectivity index (χ1n) is 5.97. The van der Waals surface area contributed by atoms with E-state index in [1.54, 1.807) is 0 Å². The van der Waals surface area contributed by atoms with Crippen molar-refractivity contribution in [1.29, 1.82) is 0 Å². The quantitative estimate of drug-likeness (QED) is 0.627. The van der Waals surface area contributed by atoms with Crippen LogP contribution in [0.25, 0.3) is 0 Å². The predicted molar refractivity (Wildman–Crippen MR) is 73.1 cm³/mol. The molecule has 0 aliphatic carbocycles. The Morgan fingerprint density at radius 3 is 1.88 bits per heavy atom. The normalized spacial score (nSPS) is 11.6. The maximum atomic E-state index is 4.00. The van der Waals surface area contributed by atoms with E-state index in [9.17, 15) is 0 Å². The van der Waals surface area contributed by atoms with E-state index in [1.807, 2.05) is 0 Å². The Labute approximate surface area is 100 Å². The molecule has 0 nitrogen and oxygen atoms in total. The molecule has 0 saturated heterocycles. The van der Waals surface area contributed by atoms with Gasteiger partial charge in [0.25, 0.3) is 0 Å². The molecular weight excluding hydrogens is 192 g/mol. The van der Waals surface area contributed by atoms with Gasteiger partial charge >= 0.3 is 0 Å². The zero-order chi connectivity index (χ0) is 12.5. The van der Waals surface area contributed by atoms with E-state index in [-0.39, 0.29) is 5.41 Å². The third kappa shape index (κ3) is 2.98. The van der Waals surface area contributed by atoms with Gasteiger partial charge in [-0.15, -0.1) is 0 Å². The first-order chi connectivity index (χ1) is 7.21. The van der Waals surface area contributed by atoms with Gasteiger partial charge in [0.05, 0.1) is 0 Å². The molecular formula is C16H24. The van der Waals surface area contributed by atoms with Gasteiger partial charge in [-0.25, -0.2) is 0 Å². The van der Waals surface area contributed by atoms with Crippen LogP contribution in [0.5, 0.6) is 0 Å². The van der Waals surface area contributed by atoms with E-state index in [0.29, 0.717) is 0 Å². The van der Waals surface area contributed by atoms with Crippen LogP contribution in [0.3, 0.4) is 0 Å². The number of aryl methyl sites for hydroxylation is 2. The molecule has 0 amide bonds. The second-order valence-corrected chi connectivity index (χ2v) is 5.97. The summed E-state index contributed by atoms with van der Waals surface area (Å²) in [5.74, 6) is 0. The fraction of sp³-hybridized carbons (Fsp3) is 0.500. The Morgan fingerprint density at radius 1 is 1.12 bits per heavy atom. The van der Waals surface area contributed by atoms with Gasteiger partial charge in [0.15, 0.2) is 0 Å². The standard InChI is InChI=1S/C16H24/c1-11(2)8-15-12(3)9-14(10-13(15)4)16(5,6)7/h9-10H,1,8H2,2-7H3. The van der Waals surface area contributed by atoms with Crippen LogP contribution in [0, 0.1) is 13.8 Å². The number of hydrogen-bond acceptors (Lipinski definition) is 0. The molecule has 0 N–H and O–H groups in total. The molecule has 0 aliphatic rings. The van der Waals surface area contributed by atoms with Crippen LogP contribution < -0.4 is 0 Å². The molecule has 1 aromatic carbocycles. The zero-order valence-electron chi connectivity index (χ0n) is 11.6. The van der Waals surface area contributed by atoms with Gasteiger partial charge in [-0.3, -0.25) is 0 Å². The third-order valence-electron chi connectivity index (χ3n) is 3.04. The second kappa shape index (κ2) is 4.45. The molecule has 0 heteroatoms. The van der Waals surface area contributed by atoms with Crippen molar-refractivity contribution in [2.24, 2.45) is 0 Å². The van der Waals surface area contributed by atoms with Gasteiger partial charge in [-0.05, 0) is 54.9 Å². The van der Waals surface area contributed by atoms with Gasteiger partial charge < -0.3 is 0 Å². The molecule has 1 aromatic rings. The lowest BCUT2D eigenvalue weighted by Gasteiger charge is -2.22. The summed E-state index contributed by atoms with van der Waals surface area (Å²) in [5.41, 5.74) is 7.13. The molecule has 0 heterocycles. The largest absolute Gasteiger partial charge is 0.0998 e. The van der Waals surface area contributed by atoms with Gasteiger partial charge in [-0.2, -0.15) is 0 Å². The highest BCUT2D eigenvalue weighted by atomic mass is 14.2. The Kier molecular flexibility index (Phi) is 3.62. The lowest BCUT2D eigenvalue weighted by molar-refractivity contribution is 0.588. The maximum absolute atomic E-state index is 4.00. The van der Waals surface area contributed by atoms with Crippen LogP contribution in [-0.4, -0.2) is 0 Å². The van der Waals surface area contributed by atoms with Crippen LogP contribution >= 0.6 is 0 Å². The van der Waals surface area contributed by atoms with Crippen molar-refractivity contribution < 1.29 is 0 Å². The molecule has 0 radical (unpaired) electrons. The van der Waals surface area contributed by atoms with E-state index < -0.39 is 0 Å². The minimum atomic E-state index is 0.233. The Bertz CT molecular complexity index is 380. The van der Waals surface area contributed by atoms with Crippen molar-refractivity contribution >= 4 is 0 Å². The zero-order valence-corrected chi connectivity index (χ0v) is 11.6. The molecule has 0 spiro atoms. The molecule has 0 aromatic heterocycles. The first-order valence-corrected chi connectivity index (χ1v) is 5.97. The summed E-state index contributed by atoms with van der Waals surface area (Å²) in [6.07, 6.45) is 1.00. The summed E-state index contributed by atoms with van der Waals surface area (Å²) >= 11 is 0. The highest BCUT2D eigenvalue weighted by Gasteiger charge is 2.16. The van der Waals surface area contributed by atoms with Crippen LogP contribution in [0.4, 0.5) is 0 Å². The minimum Gasteiger partial charge on any atom is -0.0998 e. The average molecular weight is 216 g/mol. The highest BCUT2D eigenvalue weighted by molar-refractivity contribution is 5.42. The summed E-state index contributed by atoms with van der Waals surface area (Å²) in [5, 5.41) is 0. The van der Waals surface area contributed by atoms with Gasteiger partial charge in [0, 0.05) is 0 Å². The Balaban J connectivity index is 3.23. The monoisotopic (exact) mass is 216 g/mol. The van der Waals surface area contributed by atoms with Crippen LogP contribution in [-0.2, 0) is 11.8 Å². The SMILES string of the molecule is C=C(C)Cc1c(C)cc(C(C)(C)C)cc1C. The van der Waals surface area contributed by atoms with E-state index >= 15 is 0 Å². The molecule has 0 unspecified atom stereocenters. The van der Waals surface area contributed by atoms with Crippen molar-refractivity contribution in [3.63, 3.8) is 0 Å². The van der Waals surface area contributed by atoms with Crippen molar-refractivity contribution in [3.8, 4) is 0 Å². The fourth-order valence-corrected chi connectivity index (χ4v) is 2.01. The van der Waals surface area contributed by atoms with Crippen molar-refractivity contribution in [3.05, 3.63) is 46.5 Å². The van der Waals surface area contributed by atoms with Crippen LogP contribution in [0.2, 0.25) is 0 Å². The maximum Gasteiger partial charge on any atom is -0.00673 e. The van der Waals surface area contributed by atoms with Crippen LogP contribution in [0.15, 0.2) is 24.3 Å². The van der Waals surface area contributed by atoms with E-state index in [0.717, 1.165) is 6.42 Å². The first kappa shape index (κ1) is 13.0. The van der Waals surface area contributed by atoms with E-state index in [2.05, 4.69) is 60.3 Å². The fourth-order valence-electron chi connectivity index (χ4n) is 2.01. The van der Waals surface area contributed by atoms with Crippen molar-refractivity contribution in [2.75, 3.05) is 0 Å². The lowest BCUT2D eigenvalue weighted by atomic mass is 9.83. The van der Waals surface area contributed by atoms with E-state index in [4.69, 9.17) is 0 Å². The van der Waals surface area contributed by atoms with Gasteiger partial charge in [0.1, 0.15) is 0 Å². The number of benzene rings is 1. The highest BCUT2D eigenvalue weighted by Crippen LogP contribution is 2.27. The smallest absolute Gasteiger partial charge is 0.00673 e. The summed E-state index contributed by atoms with van der Waals surface area (Å²) in [4.78, 5) is 0. The summed E-state index contributed by atoms with van der Waals surface area (Å²) in [7, 11) is 0. The topological polar surface area (TPSA) is 0 Å². The molecule has 0 fully saturated rings. The summed E-state index contributed by atoms with van der Waals surface area (Å²) in [6.45, 7) is 17.3. The Morgan fingerprint density at radius 2 is 1.56 bits per heavy atom. The lowest BCUT2D eigenvalue weighted by Crippen LogP contribution is -2.12. The van der Waals surface area contributed by atoms with Gasteiger partial charge in [0.2, 0.25) is 0 Å². The number of allylic oxidation sites excluding steroid dienone is 1. The predicted octanol–water partition coefficient (Wildman–Crippen LogP) is 4.72. The summed E-state index contributed by atoms with van der Waals surface area (Å²) < 4.78 is 0. The average Bonchev–Trinajstić information content (AvgIpc) is 2.09. The molecule has 1 rings (SSSR count). The molecule has 0 atom stereocenters. The van der Waals surface area contributed by atoms with Gasteiger partial charge in [-0.1, -0.05) is 45.1 Å². The molecule has 0 aliphatic heterocycles. The molecule has 0 saturated carbocycles. The minimum absolute atomic E-state index is 0.233. The van der Waals surface area contributed by atoms with Crippen molar-refractivity contribution in [2.45, 2.75) is 53.4 Å².